The van der Waals surface area contributed by atoms with Crippen LogP contribution >= 0.6 is 11.8 Å². The first-order valence-electron chi connectivity index (χ1n) is 5.88. The third-order valence-corrected chi connectivity index (χ3v) is 3.74. The molecule has 0 atom stereocenters. The maximum absolute atomic E-state index is 13.1. The average Bonchev–Trinajstić information content (AvgIpc) is 2.37. The lowest BCUT2D eigenvalue weighted by Crippen LogP contribution is -2.03. The van der Waals surface area contributed by atoms with E-state index in [1.165, 1.54) is 23.9 Å². The Morgan fingerprint density at radius 3 is 2.63 bits per heavy atom. The molecule has 1 aromatic heterocycles. The van der Waals surface area contributed by atoms with Crippen LogP contribution in [0.4, 0.5) is 8.78 Å². The fourth-order valence-electron chi connectivity index (χ4n) is 1.68. The molecule has 5 heteroatoms. The van der Waals surface area contributed by atoms with Crippen molar-refractivity contribution in [1.82, 2.24) is 4.98 Å². The summed E-state index contributed by atoms with van der Waals surface area (Å²) >= 11 is 1.31. The summed E-state index contributed by atoms with van der Waals surface area (Å²) in [6.07, 6.45) is 2.55. The van der Waals surface area contributed by atoms with Crippen molar-refractivity contribution in [2.75, 3.05) is 6.54 Å². The van der Waals surface area contributed by atoms with Crippen LogP contribution in [-0.2, 0) is 6.42 Å². The predicted molar refractivity (Wildman–Crippen MR) is 72.2 cm³/mol. The second-order valence-electron chi connectivity index (χ2n) is 4.18. The van der Waals surface area contributed by atoms with Crippen molar-refractivity contribution in [1.29, 1.82) is 0 Å². The third kappa shape index (κ3) is 3.52. The van der Waals surface area contributed by atoms with Crippen LogP contribution in [0.3, 0.4) is 0 Å². The zero-order valence-electron chi connectivity index (χ0n) is 10.5. The Hall–Kier alpha value is -1.46. The second-order valence-corrected chi connectivity index (χ2v) is 5.24. The van der Waals surface area contributed by atoms with Crippen molar-refractivity contribution in [3.63, 3.8) is 0 Å². The van der Waals surface area contributed by atoms with E-state index in [1.807, 2.05) is 13.0 Å². The summed E-state index contributed by atoms with van der Waals surface area (Å²) in [5.74, 6) is -1.69. The topological polar surface area (TPSA) is 38.9 Å². The molecule has 0 aliphatic carbocycles. The van der Waals surface area contributed by atoms with E-state index in [4.69, 9.17) is 5.73 Å². The first kappa shape index (κ1) is 14.0. The number of pyridine rings is 1. The van der Waals surface area contributed by atoms with E-state index < -0.39 is 11.6 Å². The molecule has 0 radical (unpaired) electrons. The second kappa shape index (κ2) is 6.12. The van der Waals surface area contributed by atoms with E-state index in [9.17, 15) is 8.78 Å². The fraction of sp³-hybridized carbons (Fsp3) is 0.214. The van der Waals surface area contributed by atoms with Crippen LogP contribution in [0.5, 0.6) is 0 Å². The molecule has 2 N–H and O–H groups in total. The molecule has 0 fully saturated rings. The number of aryl methyl sites for hydroxylation is 1. The number of rotatable bonds is 4. The lowest BCUT2D eigenvalue weighted by molar-refractivity contribution is 0.506. The quantitative estimate of drug-likeness (QED) is 0.933. The Bertz CT molecular complexity index is 588. The maximum Gasteiger partial charge on any atom is 0.159 e. The zero-order chi connectivity index (χ0) is 13.8. The van der Waals surface area contributed by atoms with Gasteiger partial charge >= 0.3 is 0 Å². The van der Waals surface area contributed by atoms with Crippen molar-refractivity contribution < 1.29 is 8.78 Å². The van der Waals surface area contributed by atoms with Gasteiger partial charge in [0.05, 0.1) is 0 Å². The largest absolute Gasteiger partial charge is 0.330 e. The number of hydrogen-bond donors (Lipinski definition) is 1. The van der Waals surface area contributed by atoms with Crippen molar-refractivity contribution >= 4 is 11.8 Å². The highest BCUT2D eigenvalue weighted by atomic mass is 32.2. The van der Waals surface area contributed by atoms with Gasteiger partial charge in [-0.2, -0.15) is 0 Å². The highest BCUT2D eigenvalue weighted by Gasteiger charge is 2.07. The van der Waals surface area contributed by atoms with Crippen LogP contribution < -0.4 is 5.73 Å². The molecule has 0 aliphatic heterocycles. The van der Waals surface area contributed by atoms with Crippen LogP contribution in [0.1, 0.15) is 11.1 Å². The van der Waals surface area contributed by atoms with Gasteiger partial charge in [0.15, 0.2) is 11.6 Å². The van der Waals surface area contributed by atoms with E-state index in [-0.39, 0.29) is 0 Å². The van der Waals surface area contributed by atoms with Gasteiger partial charge in [-0.1, -0.05) is 17.8 Å². The van der Waals surface area contributed by atoms with Gasteiger partial charge in [0, 0.05) is 11.1 Å². The van der Waals surface area contributed by atoms with Gasteiger partial charge < -0.3 is 5.73 Å². The summed E-state index contributed by atoms with van der Waals surface area (Å²) in [6, 6.07) is 5.85. The van der Waals surface area contributed by atoms with E-state index >= 15 is 0 Å². The molecule has 19 heavy (non-hydrogen) atoms. The molecule has 100 valence electrons. The number of nitrogens with zero attached hydrogens (tertiary/aromatic N) is 1. The maximum atomic E-state index is 13.1. The summed E-state index contributed by atoms with van der Waals surface area (Å²) in [5.41, 5.74) is 7.57. The molecule has 0 unspecified atom stereocenters. The minimum Gasteiger partial charge on any atom is -0.330 e. The summed E-state index contributed by atoms with van der Waals surface area (Å²) in [6.45, 7) is 2.52. The average molecular weight is 280 g/mol. The Morgan fingerprint density at radius 1 is 1.21 bits per heavy atom. The molecule has 0 saturated heterocycles. The van der Waals surface area contributed by atoms with Crippen molar-refractivity contribution in [2.24, 2.45) is 5.73 Å². The molecule has 1 aromatic carbocycles. The predicted octanol–water partition coefficient (Wildman–Crippen LogP) is 3.32. The van der Waals surface area contributed by atoms with E-state index in [1.54, 1.807) is 6.20 Å². The van der Waals surface area contributed by atoms with Crippen LogP contribution in [-0.4, -0.2) is 11.5 Å². The minimum atomic E-state index is -0.845. The summed E-state index contributed by atoms with van der Waals surface area (Å²) in [5, 5.41) is 0.784. The van der Waals surface area contributed by atoms with Crippen LogP contribution in [0, 0.1) is 18.6 Å². The lowest BCUT2D eigenvalue weighted by Gasteiger charge is -2.07. The van der Waals surface area contributed by atoms with E-state index in [0.29, 0.717) is 11.4 Å². The van der Waals surface area contributed by atoms with Crippen LogP contribution in [0.2, 0.25) is 0 Å². The Balaban J connectivity index is 2.20. The first-order valence-corrected chi connectivity index (χ1v) is 6.70. The SMILES string of the molecule is Cc1cc(CCN)cnc1Sc1ccc(F)c(F)c1. The van der Waals surface area contributed by atoms with Gasteiger partial charge in [-0.25, -0.2) is 13.8 Å². The lowest BCUT2D eigenvalue weighted by atomic mass is 10.2. The van der Waals surface area contributed by atoms with Gasteiger partial charge in [-0.05, 0) is 49.2 Å². The Kier molecular flexibility index (Phi) is 4.50. The van der Waals surface area contributed by atoms with E-state index in [2.05, 4.69) is 4.98 Å². The van der Waals surface area contributed by atoms with Gasteiger partial charge in [0.1, 0.15) is 5.03 Å². The molecule has 2 aromatic rings. The van der Waals surface area contributed by atoms with Crippen molar-refractivity contribution in [3.05, 3.63) is 53.2 Å². The smallest absolute Gasteiger partial charge is 0.159 e. The van der Waals surface area contributed by atoms with Gasteiger partial charge in [0.2, 0.25) is 0 Å². The highest BCUT2D eigenvalue weighted by Crippen LogP contribution is 2.29. The molecular weight excluding hydrogens is 266 g/mol. The molecule has 0 saturated carbocycles. The van der Waals surface area contributed by atoms with E-state index in [0.717, 1.165) is 28.6 Å². The number of hydrogen-bond acceptors (Lipinski definition) is 3. The van der Waals surface area contributed by atoms with Gasteiger partial charge in [0.25, 0.3) is 0 Å². The normalized spacial score (nSPS) is 10.7. The molecule has 0 aliphatic rings. The number of nitrogens with two attached hydrogens (primary N) is 1. The minimum absolute atomic E-state index is 0.580. The number of benzene rings is 1. The monoisotopic (exact) mass is 280 g/mol. The highest BCUT2D eigenvalue weighted by molar-refractivity contribution is 7.99. The molecule has 2 rings (SSSR count). The Morgan fingerprint density at radius 2 is 2.00 bits per heavy atom. The summed E-state index contributed by atoms with van der Waals surface area (Å²) in [4.78, 5) is 4.96. The van der Waals surface area contributed by atoms with Crippen molar-refractivity contribution in [3.8, 4) is 0 Å². The fourth-order valence-corrected chi connectivity index (χ4v) is 2.53. The van der Waals surface area contributed by atoms with Gasteiger partial charge in [-0.3, -0.25) is 0 Å². The third-order valence-electron chi connectivity index (χ3n) is 2.63. The summed E-state index contributed by atoms with van der Waals surface area (Å²) < 4.78 is 26.0. The molecule has 0 spiro atoms. The van der Waals surface area contributed by atoms with Crippen LogP contribution in [0.15, 0.2) is 40.4 Å². The molecule has 0 amide bonds. The molecule has 2 nitrogen and oxygen atoms in total. The molecule has 0 bridgehead atoms. The zero-order valence-corrected chi connectivity index (χ0v) is 11.3. The first-order chi connectivity index (χ1) is 9.10. The van der Waals surface area contributed by atoms with Crippen LogP contribution in [0.25, 0.3) is 0 Å². The molecule has 1 heterocycles. The van der Waals surface area contributed by atoms with Gasteiger partial charge in [-0.15, -0.1) is 0 Å². The van der Waals surface area contributed by atoms with Crippen molar-refractivity contribution in [2.45, 2.75) is 23.3 Å². The summed E-state index contributed by atoms with van der Waals surface area (Å²) in [7, 11) is 0. The number of halogens is 2. The molecular formula is C14H14F2N2S. The Labute approximate surface area is 115 Å². The number of aromatic nitrogens is 1. The standard InChI is InChI=1S/C14H14F2N2S/c1-9-6-10(4-5-17)8-18-14(9)19-11-2-3-12(15)13(16)7-11/h2-3,6-8H,4-5,17H2,1H3.